The van der Waals surface area contributed by atoms with Crippen LogP contribution < -0.4 is 5.32 Å². The number of nitrogens with one attached hydrogen (secondary N) is 1. The first-order valence-corrected chi connectivity index (χ1v) is 8.41. The highest BCUT2D eigenvalue weighted by Crippen LogP contribution is 2.25. The number of aromatic nitrogens is 3. The van der Waals surface area contributed by atoms with Crippen molar-refractivity contribution < 1.29 is 5.11 Å². The van der Waals surface area contributed by atoms with E-state index in [1.165, 1.54) is 12.8 Å². The molecule has 1 aromatic heterocycles. The van der Waals surface area contributed by atoms with Crippen LogP contribution in [-0.2, 0) is 19.4 Å². The maximum Gasteiger partial charge on any atom is 0.150 e. The molecule has 2 rings (SSSR count). The van der Waals surface area contributed by atoms with Gasteiger partial charge in [-0.25, -0.2) is 9.67 Å². The van der Waals surface area contributed by atoms with Crippen LogP contribution >= 0.6 is 0 Å². The van der Waals surface area contributed by atoms with Crippen LogP contribution in [0, 0.1) is 0 Å². The van der Waals surface area contributed by atoms with Crippen molar-refractivity contribution >= 4 is 0 Å². The Labute approximate surface area is 128 Å². The number of hydrogen-bond donors (Lipinski definition) is 2. The summed E-state index contributed by atoms with van der Waals surface area (Å²) in [5.41, 5.74) is -0.119. The van der Waals surface area contributed by atoms with E-state index in [-0.39, 0.29) is 12.1 Å². The van der Waals surface area contributed by atoms with E-state index in [0.717, 1.165) is 50.3 Å². The van der Waals surface area contributed by atoms with Crippen LogP contribution in [-0.4, -0.2) is 38.1 Å². The van der Waals surface area contributed by atoms with Crippen LogP contribution in [0.15, 0.2) is 0 Å². The third-order valence-corrected chi connectivity index (χ3v) is 4.25. The van der Waals surface area contributed by atoms with E-state index in [4.69, 9.17) is 0 Å². The summed E-state index contributed by atoms with van der Waals surface area (Å²) in [5.74, 6) is 2.04. The summed E-state index contributed by atoms with van der Waals surface area (Å²) in [6, 6.07) is 0.635. The summed E-state index contributed by atoms with van der Waals surface area (Å²) in [6.45, 7) is 7.50. The molecule has 1 unspecified atom stereocenters. The maximum absolute atomic E-state index is 9.61. The molecular weight excluding hydrogens is 264 g/mol. The van der Waals surface area contributed by atoms with Gasteiger partial charge in [0.05, 0.1) is 6.61 Å². The largest absolute Gasteiger partial charge is 0.394 e. The lowest BCUT2D eigenvalue weighted by Gasteiger charge is -2.29. The van der Waals surface area contributed by atoms with E-state index in [2.05, 4.69) is 40.9 Å². The summed E-state index contributed by atoms with van der Waals surface area (Å²) < 4.78 is 2.06. The van der Waals surface area contributed by atoms with Crippen molar-refractivity contribution in [2.24, 2.45) is 0 Å². The third-order valence-electron chi connectivity index (χ3n) is 4.25. The minimum absolute atomic E-state index is 0.119. The Bertz CT molecular complexity index is 441. The Kier molecular flexibility index (Phi) is 5.76. The lowest BCUT2D eigenvalue weighted by molar-refractivity contribution is 0.160. The Balaban J connectivity index is 1.76. The second-order valence-corrected chi connectivity index (χ2v) is 6.47. The average molecular weight is 294 g/mol. The predicted octanol–water partition coefficient (Wildman–Crippen LogP) is 2.08. The molecule has 0 amide bonds. The SMILES string of the molecule is CCc1nc(CC)n(CCCCC(C)(CO)NC2CC2)n1. The number of aliphatic hydroxyl groups excluding tert-OH is 1. The number of aliphatic hydroxyl groups is 1. The second-order valence-electron chi connectivity index (χ2n) is 6.47. The van der Waals surface area contributed by atoms with Gasteiger partial charge >= 0.3 is 0 Å². The summed E-state index contributed by atoms with van der Waals surface area (Å²) in [7, 11) is 0. The normalized spacial score (nSPS) is 17.9. The van der Waals surface area contributed by atoms with Gasteiger partial charge in [-0.3, -0.25) is 0 Å². The molecule has 0 aromatic carbocycles. The fourth-order valence-electron chi connectivity index (χ4n) is 2.71. The second kappa shape index (κ2) is 7.36. The van der Waals surface area contributed by atoms with Gasteiger partial charge < -0.3 is 10.4 Å². The van der Waals surface area contributed by atoms with Crippen LogP contribution in [0.25, 0.3) is 0 Å². The molecule has 0 spiro atoms. The Morgan fingerprint density at radius 1 is 1.29 bits per heavy atom. The van der Waals surface area contributed by atoms with Gasteiger partial charge in [0.25, 0.3) is 0 Å². The first-order chi connectivity index (χ1) is 10.1. The zero-order chi connectivity index (χ0) is 15.3. The fourth-order valence-corrected chi connectivity index (χ4v) is 2.71. The minimum atomic E-state index is -0.119. The monoisotopic (exact) mass is 294 g/mol. The Hall–Kier alpha value is -0.940. The van der Waals surface area contributed by atoms with Gasteiger partial charge in [-0.1, -0.05) is 13.8 Å². The molecule has 5 heteroatoms. The summed E-state index contributed by atoms with van der Waals surface area (Å²) in [5, 5.41) is 17.7. The van der Waals surface area contributed by atoms with E-state index >= 15 is 0 Å². The molecule has 1 aromatic rings. The van der Waals surface area contributed by atoms with E-state index in [9.17, 15) is 5.11 Å². The van der Waals surface area contributed by atoms with Gasteiger partial charge in [0.1, 0.15) is 5.82 Å². The summed E-state index contributed by atoms with van der Waals surface area (Å²) in [6.07, 6.45) is 7.54. The predicted molar refractivity (Wildman–Crippen MR) is 84.3 cm³/mol. The summed E-state index contributed by atoms with van der Waals surface area (Å²) >= 11 is 0. The highest BCUT2D eigenvalue weighted by Gasteiger charge is 2.31. The van der Waals surface area contributed by atoms with Gasteiger partial charge in [-0.2, -0.15) is 5.10 Å². The molecule has 0 radical (unpaired) electrons. The van der Waals surface area contributed by atoms with E-state index < -0.39 is 0 Å². The lowest BCUT2D eigenvalue weighted by Crippen LogP contribution is -2.46. The molecule has 0 bridgehead atoms. The highest BCUT2D eigenvalue weighted by molar-refractivity contribution is 4.93. The van der Waals surface area contributed by atoms with Crippen molar-refractivity contribution in [1.82, 2.24) is 20.1 Å². The average Bonchev–Trinajstić information content (AvgIpc) is 3.20. The Morgan fingerprint density at radius 2 is 2.05 bits per heavy atom. The molecule has 5 nitrogen and oxygen atoms in total. The third kappa shape index (κ3) is 4.78. The first kappa shape index (κ1) is 16.4. The van der Waals surface area contributed by atoms with Crippen LogP contribution in [0.2, 0.25) is 0 Å². The maximum atomic E-state index is 9.61. The molecule has 1 saturated carbocycles. The highest BCUT2D eigenvalue weighted by atomic mass is 16.3. The first-order valence-electron chi connectivity index (χ1n) is 8.41. The molecule has 1 fully saturated rings. The number of hydrogen-bond acceptors (Lipinski definition) is 4. The zero-order valence-corrected chi connectivity index (χ0v) is 13.7. The van der Waals surface area contributed by atoms with Crippen LogP contribution in [0.1, 0.15) is 64.5 Å². The van der Waals surface area contributed by atoms with Gasteiger partial charge in [-0.15, -0.1) is 0 Å². The van der Waals surface area contributed by atoms with Gasteiger partial charge in [-0.05, 0) is 39.0 Å². The molecule has 21 heavy (non-hydrogen) atoms. The molecular formula is C16H30N4O. The van der Waals surface area contributed by atoms with Crippen LogP contribution in [0.4, 0.5) is 0 Å². The molecule has 0 aliphatic heterocycles. The van der Waals surface area contributed by atoms with E-state index in [0.29, 0.717) is 6.04 Å². The van der Waals surface area contributed by atoms with Crippen molar-refractivity contribution in [2.45, 2.75) is 83.8 Å². The molecule has 2 N–H and O–H groups in total. The van der Waals surface area contributed by atoms with Crippen LogP contribution in [0.5, 0.6) is 0 Å². The molecule has 1 aliphatic rings. The van der Waals surface area contributed by atoms with Gasteiger partial charge in [0.2, 0.25) is 0 Å². The van der Waals surface area contributed by atoms with Crippen molar-refractivity contribution in [3.63, 3.8) is 0 Å². The number of aryl methyl sites for hydroxylation is 3. The molecule has 1 aliphatic carbocycles. The minimum Gasteiger partial charge on any atom is -0.394 e. The van der Waals surface area contributed by atoms with Crippen molar-refractivity contribution in [2.75, 3.05) is 6.61 Å². The van der Waals surface area contributed by atoms with Crippen molar-refractivity contribution in [3.8, 4) is 0 Å². The van der Waals surface area contributed by atoms with Crippen LogP contribution in [0.3, 0.4) is 0 Å². The Morgan fingerprint density at radius 3 is 2.62 bits per heavy atom. The smallest absolute Gasteiger partial charge is 0.150 e. The van der Waals surface area contributed by atoms with Crippen molar-refractivity contribution in [3.05, 3.63) is 11.6 Å². The number of nitrogens with zero attached hydrogens (tertiary/aromatic N) is 3. The topological polar surface area (TPSA) is 63.0 Å². The number of unbranched alkanes of at least 4 members (excludes halogenated alkanes) is 1. The lowest BCUT2D eigenvalue weighted by atomic mass is 9.95. The molecule has 120 valence electrons. The molecule has 0 saturated heterocycles. The van der Waals surface area contributed by atoms with Gasteiger partial charge in [0.15, 0.2) is 5.82 Å². The standard InChI is InChI=1S/C16H30N4O/c1-4-14-17-15(5-2)20(19-14)11-7-6-10-16(3,12-21)18-13-8-9-13/h13,18,21H,4-12H2,1-3H3. The van der Waals surface area contributed by atoms with Crippen molar-refractivity contribution in [1.29, 1.82) is 0 Å². The van der Waals surface area contributed by atoms with E-state index in [1.54, 1.807) is 0 Å². The fraction of sp³-hybridized carbons (Fsp3) is 0.875. The molecule has 1 heterocycles. The zero-order valence-electron chi connectivity index (χ0n) is 13.7. The van der Waals surface area contributed by atoms with Gasteiger partial charge in [0, 0.05) is 31.0 Å². The van der Waals surface area contributed by atoms with E-state index in [1.807, 2.05) is 0 Å². The number of rotatable bonds is 10. The molecule has 1 atom stereocenters. The quantitative estimate of drug-likeness (QED) is 0.649. The summed E-state index contributed by atoms with van der Waals surface area (Å²) in [4.78, 5) is 4.54.